The van der Waals surface area contributed by atoms with E-state index in [4.69, 9.17) is 23.2 Å². The zero-order valence-electron chi connectivity index (χ0n) is 21.1. The van der Waals surface area contributed by atoms with Gasteiger partial charge in [-0.2, -0.15) is 4.31 Å². The van der Waals surface area contributed by atoms with E-state index in [0.29, 0.717) is 33.9 Å². The van der Waals surface area contributed by atoms with Crippen LogP contribution in [0.2, 0.25) is 10.0 Å². The highest BCUT2D eigenvalue weighted by Crippen LogP contribution is 2.32. The standard InChI is InChI=1S/C29H34Cl2N2O2S.ClH/c1-2-33(36(34,35)27-11-7-4-8-12-27)22-26(25-13-14-28(30)29(31)21-25)17-20-32-18-15-24(16-19-32)23-9-5-3-6-10-23;/h3-14,21,24,26H,2,15-20,22H2,1H3;1H. The predicted octanol–water partition coefficient (Wildman–Crippen LogP) is 7.48. The van der Waals surface area contributed by atoms with Crippen LogP contribution in [0.4, 0.5) is 0 Å². The number of hydrogen-bond acceptors (Lipinski definition) is 3. The highest BCUT2D eigenvalue weighted by atomic mass is 35.5. The van der Waals surface area contributed by atoms with Gasteiger partial charge >= 0.3 is 0 Å². The van der Waals surface area contributed by atoms with Crippen LogP contribution in [0.25, 0.3) is 0 Å². The van der Waals surface area contributed by atoms with Gasteiger partial charge in [-0.25, -0.2) is 8.42 Å². The fourth-order valence-corrected chi connectivity index (χ4v) is 6.89. The predicted molar refractivity (Wildman–Crippen MR) is 157 cm³/mol. The summed E-state index contributed by atoms with van der Waals surface area (Å²) in [6, 6.07) is 25.1. The zero-order chi connectivity index (χ0) is 25.5. The van der Waals surface area contributed by atoms with E-state index >= 15 is 0 Å². The van der Waals surface area contributed by atoms with Crippen molar-refractivity contribution in [3.05, 3.63) is 100 Å². The smallest absolute Gasteiger partial charge is 0.243 e. The Morgan fingerprint density at radius 1 is 0.919 bits per heavy atom. The minimum atomic E-state index is -3.59. The summed E-state index contributed by atoms with van der Waals surface area (Å²) in [5.74, 6) is 0.616. The number of sulfonamides is 1. The minimum absolute atomic E-state index is 0. The molecule has 3 aromatic rings. The monoisotopic (exact) mass is 580 g/mol. The second kappa shape index (κ2) is 14.0. The molecule has 8 heteroatoms. The first-order valence-electron chi connectivity index (χ1n) is 12.7. The number of piperidine rings is 1. The Bertz CT molecular complexity index is 1220. The van der Waals surface area contributed by atoms with Crippen LogP contribution in [-0.2, 0) is 10.0 Å². The highest BCUT2D eigenvalue weighted by Gasteiger charge is 2.28. The number of rotatable bonds is 10. The molecule has 0 bridgehead atoms. The Morgan fingerprint density at radius 2 is 1.54 bits per heavy atom. The molecule has 1 unspecified atom stereocenters. The molecule has 0 amide bonds. The van der Waals surface area contributed by atoms with Crippen LogP contribution >= 0.6 is 35.6 Å². The van der Waals surface area contributed by atoms with E-state index in [2.05, 4.69) is 35.2 Å². The molecule has 0 radical (unpaired) electrons. The van der Waals surface area contributed by atoms with Gasteiger partial charge in [-0.3, -0.25) is 0 Å². The van der Waals surface area contributed by atoms with Gasteiger partial charge in [-0.1, -0.05) is 84.7 Å². The molecule has 4 rings (SSSR count). The molecule has 1 atom stereocenters. The topological polar surface area (TPSA) is 40.6 Å². The van der Waals surface area contributed by atoms with Crippen molar-refractivity contribution in [2.75, 3.05) is 32.7 Å². The Labute approximate surface area is 238 Å². The van der Waals surface area contributed by atoms with E-state index in [-0.39, 0.29) is 18.3 Å². The van der Waals surface area contributed by atoms with Crippen molar-refractivity contribution >= 4 is 45.6 Å². The molecule has 37 heavy (non-hydrogen) atoms. The van der Waals surface area contributed by atoms with Gasteiger partial charge in [0.15, 0.2) is 0 Å². The number of hydrogen-bond donors (Lipinski definition) is 0. The van der Waals surface area contributed by atoms with Crippen molar-refractivity contribution in [2.45, 2.75) is 42.9 Å². The van der Waals surface area contributed by atoms with Crippen LogP contribution in [0.15, 0.2) is 83.8 Å². The lowest BCUT2D eigenvalue weighted by Crippen LogP contribution is -2.37. The van der Waals surface area contributed by atoms with Crippen molar-refractivity contribution < 1.29 is 8.42 Å². The van der Waals surface area contributed by atoms with Gasteiger partial charge in [0.1, 0.15) is 0 Å². The molecule has 4 nitrogen and oxygen atoms in total. The van der Waals surface area contributed by atoms with Crippen LogP contribution in [0.5, 0.6) is 0 Å². The van der Waals surface area contributed by atoms with Crippen LogP contribution < -0.4 is 0 Å². The molecule has 1 aliphatic rings. The molecule has 0 aromatic heterocycles. The summed E-state index contributed by atoms with van der Waals surface area (Å²) in [4.78, 5) is 2.83. The second-order valence-corrected chi connectivity index (χ2v) is 12.2. The quantitative estimate of drug-likeness (QED) is 0.249. The van der Waals surface area contributed by atoms with Crippen molar-refractivity contribution in [1.29, 1.82) is 0 Å². The normalized spacial score (nSPS) is 15.9. The third kappa shape index (κ3) is 7.72. The molecule has 1 aliphatic heterocycles. The summed E-state index contributed by atoms with van der Waals surface area (Å²) in [6.45, 7) is 5.70. The number of halogens is 3. The van der Waals surface area contributed by atoms with Gasteiger partial charge in [-0.05, 0) is 86.1 Å². The molecule has 0 spiro atoms. The number of likely N-dealkylation sites (N-methyl/N-ethyl adjacent to an activating group) is 1. The van der Waals surface area contributed by atoms with Gasteiger partial charge < -0.3 is 4.90 Å². The summed E-state index contributed by atoms with van der Waals surface area (Å²) in [5.41, 5.74) is 2.45. The third-order valence-corrected chi connectivity index (χ3v) is 9.92. The van der Waals surface area contributed by atoms with Crippen LogP contribution in [0.3, 0.4) is 0 Å². The van der Waals surface area contributed by atoms with Crippen molar-refractivity contribution in [2.24, 2.45) is 0 Å². The summed E-state index contributed by atoms with van der Waals surface area (Å²) >= 11 is 12.6. The minimum Gasteiger partial charge on any atom is -0.303 e. The van der Waals surface area contributed by atoms with Gasteiger partial charge in [0, 0.05) is 13.1 Å². The van der Waals surface area contributed by atoms with E-state index in [1.165, 1.54) is 5.56 Å². The Kier molecular flexibility index (Phi) is 11.3. The Balaban J connectivity index is 0.00000380. The molecular formula is C29H35Cl3N2O2S. The Hall–Kier alpha value is -1.60. The molecule has 3 aromatic carbocycles. The third-order valence-electron chi connectivity index (χ3n) is 7.23. The first kappa shape index (κ1) is 29.9. The van der Waals surface area contributed by atoms with E-state index in [1.54, 1.807) is 34.6 Å². The first-order chi connectivity index (χ1) is 17.4. The molecule has 1 fully saturated rings. The maximum absolute atomic E-state index is 13.4. The molecule has 0 aliphatic carbocycles. The summed E-state index contributed by atoms with van der Waals surface area (Å²) in [7, 11) is -3.59. The average Bonchev–Trinajstić information content (AvgIpc) is 2.91. The fraction of sp³-hybridized carbons (Fsp3) is 0.379. The van der Waals surface area contributed by atoms with Crippen LogP contribution in [0.1, 0.15) is 49.1 Å². The lowest BCUT2D eigenvalue weighted by atomic mass is 9.89. The highest BCUT2D eigenvalue weighted by molar-refractivity contribution is 7.89. The zero-order valence-corrected chi connectivity index (χ0v) is 24.2. The van der Waals surface area contributed by atoms with Gasteiger partial charge in [0.05, 0.1) is 14.9 Å². The summed E-state index contributed by atoms with van der Waals surface area (Å²) < 4.78 is 28.4. The molecule has 0 saturated carbocycles. The summed E-state index contributed by atoms with van der Waals surface area (Å²) in [5, 5.41) is 1.00. The fourth-order valence-electron chi connectivity index (χ4n) is 5.07. The lowest BCUT2D eigenvalue weighted by molar-refractivity contribution is 0.202. The molecule has 200 valence electrons. The maximum Gasteiger partial charge on any atom is 0.243 e. The van der Waals surface area contributed by atoms with E-state index in [9.17, 15) is 8.42 Å². The van der Waals surface area contributed by atoms with Crippen molar-refractivity contribution in [1.82, 2.24) is 9.21 Å². The van der Waals surface area contributed by atoms with Crippen molar-refractivity contribution in [3.63, 3.8) is 0 Å². The molecule has 1 heterocycles. The number of nitrogens with zero attached hydrogens (tertiary/aromatic N) is 2. The van der Waals surface area contributed by atoms with Crippen LogP contribution in [-0.4, -0.2) is 50.3 Å². The molecule has 0 N–H and O–H groups in total. The Morgan fingerprint density at radius 3 is 2.14 bits per heavy atom. The number of likely N-dealkylation sites (tertiary alicyclic amines) is 1. The van der Waals surface area contributed by atoms with Gasteiger partial charge in [0.2, 0.25) is 10.0 Å². The van der Waals surface area contributed by atoms with Gasteiger partial charge in [0.25, 0.3) is 0 Å². The maximum atomic E-state index is 13.4. The SMILES string of the molecule is CCN(CC(CCN1CCC(c2ccccc2)CC1)c1ccc(Cl)c(Cl)c1)S(=O)(=O)c1ccccc1.Cl. The molecule has 1 saturated heterocycles. The molecular weight excluding hydrogens is 547 g/mol. The van der Waals surface area contributed by atoms with Crippen molar-refractivity contribution in [3.8, 4) is 0 Å². The van der Waals surface area contributed by atoms with E-state index < -0.39 is 10.0 Å². The van der Waals surface area contributed by atoms with Gasteiger partial charge in [-0.15, -0.1) is 12.4 Å². The summed E-state index contributed by atoms with van der Waals surface area (Å²) in [6.07, 6.45) is 3.13. The lowest BCUT2D eigenvalue weighted by Gasteiger charge is -2.34. The number of benzene rings is 3. The van der Waals surface area contributed by atoms with E-state index in [1.807, 2.05) is 25.1 Å². The van der Waals surface area contributed by atoms with E-state index in [0.717, 1.165) is 44.5 Å². The second-order valence-electron chi connectivity index (χ2n) is 9.45. The average molecular weight is 582 g/mol. The largest absolute Gasteiger partial charge is 0.303 e. The first-order valence-corrected chi connectivity index (χ1v) is 14.9. The van der Waals surface area contributed by atoms with Crippen LogP contribution in [0, 0.1) is 0 Å².